The highest BCUT2D eigenvalue weighted by molar-refractivity contribution is 7.09. The zero-order valence-corrected chi connectivity index (χ0v) is 13.7. The zero-order valence-electron chi connectivity index (χ0n) is 12.9. The van der Waals surface area contributed by atoms with E-state index >= 15 is 0 Å². The van der Waals surface area contributed by atoms with Gasteiger partial charge in [-0.3, -0.25) is 9.69 Å². The maximum Gasteiger partial charge on any atom is 0.236 e. The summed E-state index contributed by atoms with van der Waals surface area (Å²) in [5.41, 5.74) is 0.207. The second-order valence-corrected chi connectivity index (χ2v) is 7.51. The van der Waals surface area contributed by atoms with Crippen LogP contribution in [0.25, 0.3) is 0 Å². The molecule has 0 aromatic carbocycles. The molecule has 116 valence electrons. The molecule has 21 heavy (non-hydrogen) atoms. The molecule has 1 aromatic rings. The van der Waals surface area contributed by atoms with Crippen LogP contribution in [-0.2, 0) is 10.2 Å². The van der Waals surface area contributed by atoms with Crippen molar-refractivity contribution in [1.29, 1.82) is 0 Å². The van der Waals surface area contributed by atoms with E-state index in [0.29, 0.717) is 12.5 Å². The van der Waals surface area contributed by atoms with Crippen molar-refractivity contribution in [1.82, 2.24) is 14.8 Å². The number of thiazole rings is 1. The van der Waals surface area contributed by atoms with Gasteiger partial charge in [-0.05, 0) is 45.2 Å². The first kappa shape index (κ1) is 15.0. The Morgan fingerprint density at radius 3 is 2.57 bits per heavy atom. The van der Waals surface area contributed by atoms with Crippen LogP contribution in [0.3, 0.4) is 0 Å². The fourth-order valence-corrected chi connectivity index (χ4v) is 4.24. The van der Waals surface area contributed by atoms with Crippen molar-refractivity contribution in [3.63, 3.8) is 0 Å². The average molecular weight is 307 g/mol. The number of carbonyl (C=O) groups excluding carboxylic acids is 1. The van der Waals surface area contributed by atoms with Crippen molar-refractivity contribution >= 4 is 17.2 Å². The van der Waals surface area contributed by atoms with Gasteiger partial charge in [0, 0.05) is 30.1 Å². The van der Waals surface area contributed by atoms with Crippen LogP contribution in [0.5, 0.6) is 0 Å². The Bertz CT molecular complexity index is 460. The molecule has 2 aliphatic rings. The Balaban J connectivity index is 1.50. The van der Waals surface area contributed by atoms with E-state index in [9.17, 15) is 4.79 Å². The fourth-order valence-electron chi connectivity index (χ4n) is 3.37. The summed E-state index contributed by atoms with van der Waals surface area (Å²) in [6, 6.07) is 0. The lowest BCUT2D eigenvalue weighted by Crippen LogP contribution is -2.47. The largest absolute Gasteiger partial charge is 0.342 e. The summed E-state index contributed by atoms with van der Waals surface area (Å²) in [6.45, 7) is 6.86. The summed E-state index contributed by atoms with van der Waals surface area (Å²) in [7, 11) is 0. The lowest BCUT2D eigenvalue weighted by Gasteiger charge is -2.38. The maximum absolute atomic E-state index is 12.3. The summed E-state index contributed by atoms with van der Waals surface area (Å²) < 4.78 is 0. The van der Waals surface area contributed by atoms with Crippen LogP contribution in [0.1, 0.15) is 44.0 Å². The third kappa shape index (κ3) is 3.46. The first-order valence-corrected chi connectivity index (χ1v) is 8.95. The molecular weight excluding hydrogens is 282 g/mol. The van der Waals surface area contributed by atoms with Gasteiger partial charge in [0.25, 0.3) is 0 Å². The average Bonchev–Trinajstić information content (AvgIpc) is 3.06. The van der Waals surface area contributed by atoms with Crippen molar-refractivity contribution in [3.8, 4) is 0 Å². The predicted molar refractivity (Wildman–Crippen MR) is 85.6 cm³/mol. The van der Waals surface area contributed by atoms with E-state index < -0.39 is 0 Å². The van der Waals surface area contributed by atoms with E-state index in [0.717, 1.165) is 39.0 Å². The molecule has 4 nitrogen and oxygen atoms in total. The molecule has 0 unspecified atom stereocenters. The maximum atomic E-state index is 12.3. The molecule has 1 amide bonds. The van der Waals surface area contributed by atoms with Gasteiger partial charge in [-0.25, -0.2) is 4.98 Å². The van der Waals surface area contributed by atoms with Gasteiger partial charge >= 0.3 is 0 Å². The molecule has 3 rings (SSSR count). The number of amides is 1. The molecule has 0 saturated carbocycles. The number of hydrogen-bond acceptors (Lipinski definition) is 4. The highest BCUT2D eigenvalue weighted by atomic mass is 32.1. The zero-order chi connectivity index (χ0) is 14.7. The molecule has 0 spiro atoms. The lowest BCUT2D eigenvalue weighted by atomic mass is 9.81. The second-order valence-electron chi connectivity index (χ2n) is 6.62. The quantitative estimate of drug-likeness (QED) is 0.861. The first-order valence-electron chi connectivity index (χ1n) is 8.07. The summed E-state index contributed by atoms with van der Waals surface area (Å²) in [4.78, 5) is 21.2. The van der Waals surface area contributed by atoms with E-state index in [4.69, 9.17) is 0 Å². The predicted octanol–water partition coefficient (Wildman–Crippen LogP) is 2.51. The molecule has 3 heterocycles. The number of nitrogens with zero attached hydrogens (tertiary/aromatic N) is 3. The van der Waals surface area contributed by atoms with Gasteiger partial charge < -0.3 is 4.90 Å². The van der Waals surface area contributed by atoms with Crippen LogP contribution >= 0.6 is 11.3 Å². The van der Waals surface area contributed by atoms with Crippen LogP contribution in [-0.4, -0.2) is 53.4 Å². The molecule has 0 radical (unpaired) electrons. The Labute approximate surface area is 131 Å². The normalized spacial score (nSPS) is 23.2. The van der Waals surface area contributed by atoms with Crippen LogP contribution < -0.4 is 0 Å². The van der Waals surface area contributed by atoms with Crippen LogP contribution in [0.4, 0.5) is 0 Å². The standard InChI is InChI=1S/C16H25N3OS/c1-16(15-17-7-12-21-15)5-10-18(11-6-16)13-14(20)19-8-3-2-4-9-19/h7,12H,2-6,8-11,13H2,1H3. The smallest absolute Gasteiger partial charge is 0.236 e. The number of hydrogen-bond donors (Lipinski definition) is 0. The summed E-state index contributed by atoms with van der Waals surface area (Å²) >= 11 is 1.76. The molecule has 2 saturated heterocycles. The van der Waals surface area contributed by atoms with Crippen molar-refractivity contribution in [2.75, 3.05) is 32.7 Å². The van der Waals surface area contributed by atoms with Crippen molar-refractivity contribution in [3.05, 3.63) is 16.6 Å². The number of carbonyl (C=O) groups is 1. The number of aromatic nitrogens is 1. The van der Waals surface area contributed by atoms with Crippen molar-refractivity contribution in [2.24, 2.45) is 0 Å². The fraction of sp³-hybridized carbons (Fsp3) is 0.750. The highest BCUT2D eigenvalue weighted by Crippen LogP contribution is 2.35. The molecule has 5 heteroatoms. The van der Waals surface area contributed by atoms with Crippen LogP contribution in [0.2, 0.25) is 0 Å². The minimum atomic E-state index is 0.207. The molecule has 1 aromatic heterocycles. The highest BCUT2D eigenvalue weighted by Gasteiger charge is 2.34. The van der Waals surface area contributed by atoms with Gasteiger partial charge in [0.15, 0.2) is 0 Å². The minimum absolute atomic E-state index is 0.207. The Morgan fingerprint density at radius 1 is 1.24 bits per heavy atom. The van der Waals surface area contributed by atoms with E-state index in [-0.39, 0.29) is 5.41 Å². The van der Waals surface area contributed by atoms with Crippen LogP contribution in [0.15, 0.2) is 11.6 Å². The number of rotatable bonds is 3. The summed E-state index contributed by atoms with van der Waals surface area (Å²) in [5, 5.41) is 3.32. The summed E-state index contributed by atoms with van der Waals surface area (Å²) in [5.74, 6) is 0.326. The molecule has 0 bridgehead atoms. The van der Waals surface area contributed by atoms with Crippen molar-refractivity contribution in [2.45, 2.75) is 44.4 Å². The first-order chi connectivity index (χ1) is 10.2. The van der Waals surface area contributed by atoms with E-state index in [1.54, 1.807) is 11.3 Å². The number of piperidine rings is 2. The molecule has 0 atom stereocenters. The van der Waals surface area contributed by atoms with Gasteiger partial charge in [-0.15, -0.1) is 11.3 Å². The third-order valence-corrected chi connectivity index (χ3v) is 6.06. The molecule has 0 N–H and O–H groups in total. The molecule has 2 fully saturated rings. The van der Waals surface area contributed by atoms with E-state index in [1.165, 1.54) is 24.3 Å². The lowest BCUT2D eigenvalue weighted by molar-refractivity contribution is -0.133. The van der Waals surface area contributed by atoms with Gasteiger partial charge in [0.2, 0.25) is 5.91 Å². The van der Waals surface area contributed by atoms with E-state index in [2.05, 4.69) is 27.1 Å². The van der Waals surface area contributed by atoms with Gasteiger partial charge in [0.1, 0.15) is 0 Å². The Hall–Kier alpha value is -0.940. The van der Waals surface area contributed by atoms with Gasteiger partial charge in [0.05, 0.1) is 11.6 Å². The Morgan fingerprint density at radius 2 is 1.95 bits per heavy atom. The second kappa shape index (κ2) is 6.44. The van der Waals surface area contributed by atoms with E-state index in [1.807, 2.05) is 6.20 Å². The van der Waals surface area contributed by atoms with Gasteiger partial charge in [-0.1, -0.05) is 6.92 Å². The van der Waals surface area contributed by atoms with Crippen LogP contribution in [0, 0.1) is 0 Å². The van der Waals surface area contributed by atoms with Gasteiger partial charge in [-0.2, -0.15) is 0 Å². The molecule has 0 aliphatic carbocycles. The number of likely N-dealkylation sites (tertiary alicyclic amines) is 2. The van der Waals surface area contributed by atoms with Crippen molar-refractivity contribution < 1.29 is 4.79 Å². The molecular formula is C16H25N3OS. The third-order valence-electron chi connectivity index (χ3n) is 4.98. The molecule has 2 aliphatic heterocycles. The SMILES string of the molecule is CC1(c2nccs2)CCN(CC(=O)N2CCCCC2)CC1. The monoisotopic (exact) mass is 307 g/mol. The summed E-state index contributed by atoms with van der Waals surface area (Å²) in [6.07, 6.45) is 7.74. The minimum Gasteiger partial charge on any atom is -0.342 e. The topological polar surface area (TPSA) is 36.4 Å². The Kier molecular flexibility index (Phi) is 4.60.